The molecule has 1 atom stereocenters. The van der Waals surface area contributed by atoms with Crippen molar-refractivity contribution in [1.82, 2.24) is 14.8 Å². The molecule has 1 amide bonds. The summed E-state index contributed by atoms with van der Waals surface area (Å²) < 4.78 is 3.02. The van der Waals surface area contributed by atoms with E-state index < -0.39 is 0 Å². The minimum atomic E-state index is 0. The molecule has 0 aliphatic carbocycles. The Labute approximate surface area is 141 Å². The summed E-state index contributed by atoms with van der Waals surface area (Å²) in [5.74, 6) is 0.153. The summed E-state index contributed by atoms with van der Waals surface area (Å²) in [7, 11) is 0. The van der Waals surface area contributed by atoms with E-state index in [0.29, 0.717) is 6.04 Å². The van der Waals surface area contributed by atoms with Crippen molar-refractivity contribution in [3.63, 3.8) is 0 Å². The molecule has 1 saturated heterocycles. The van der Waals surface area contributed by atoms with Gasteiger partial charge >= 0.3 is 0 Å². The fourth-order valence-corrected chi connectivity index (χ4v) is 3.23. The molecule has 0 saturated carbocycles. The molecule has 0 radical (unpaired) electrons. The number of carbonyl (C=O) groups is 1. The third-order valence-electron chi connectivity index (χ3n) is 3.79. The first-order valence-corrected chi connectivity index (χ1v) is 8.23. The van der Waals surface area contributed by atoms with Gasteiger partial charge in [-0.1, -0.05) is 6.92 Å². The summed E-state index contributed by atoms with van der Waals surface area (Å²) in [5, 5.41) is 3.35. The normalized spacial score (nSPS) is 17.9. The molecule has 0 spiro atoms. The Bertz CT molecular complexity index is 469. The second-order valence-electron chi connectivity index (χ2n) is 5.69. The van der Waals surface area contributed by atoms with Crippen molar-refractivity contribution in [2.45, 2.75) is 45.7 Å². The highest BCUT2D eigenvalue weighted by Gasteiger charge is 2.28. The van der Waals surface area contributed by atoms with Crippen LogP contribution in [-0.2, 0) is 0 Å². The lowest BCUT2D eigenvalue weighted by Crippen LogP contribution is -2.42. The van der Waals surface area contributed by atoms with E-state index >= 15 is 0 Å². The first-order chi connectivity index (χ1) is 9.54. The largest absolute Gasteiger partial charge is 0.340 e. The zero-order chi connectivity index (χ0) is 14.7. The minimum absolute atomic E-state index is 0. The second kappa shape index (κ2) is 8.20. The van der Waals surface area contributed by atoms with Crippen LogP contribution in [0.2, 0.25) is 0 Å². The molecule has 120 valence electrons. The van der Waals surface area contributed by atoms with Crippen LogP contribution in [0.4, 0.5) is 0 Å². The number of aromatic nitrogens is 1. The van der Waals surface area contributed by atoms with Crippen LogP contribution in [0.3, 0.4) is 0 Å². The van der Waals surface area contributed by atoms with Gasteiger partial charge in [0, 0.05) is 35.8 Å². The molecular weight excluding hydrogens is 354 g/mol. The molecule has 2 rings (SSSR count). The standard InChI is InChI=1S/C15H24BrN3O.ClH/c1-4-7-18(13-5-6-17-9-13)15(20)14-8-12(16)10-19(14)11(2)3;/h8,10-11,13,17H,4-7,9H2,1-3H3;1H. The Balaban J connectivity index is 0.00000220. The first-order valence-electron chi connectivity index (χ1n) is 7.43. The Morgan fingerprint density at radius 2 is 2.29 bits per heavy atom. The summed E-state index contributed by atoms with van der Waals surface area (Å²) in [6.07, 6.45) is 4.04. The molecular formula is C15H25BrClN3O. The second-order valence-corrected chi connectivity index (χ2v) is 6.61. The van der Waals surface area contributed by atoms with Crippen LogP contribution < -0.4 is 5.32 Å². The van der Waals surface area contributed by atoms with Gasteiger partial charge in [-0.2, -0.15) is 0 Å². The highest BCUT2D eigenvalue weighted by molar-refractivity contribution is 9.10. The predicted molar refractivity (Wildman–Crippen MR) is 92.4 cm³/mol. The zero-order valence-corrected chi connectivity index (χ0v) is 15.3. The van der Waals surface area contributed by atoms with E-state index in [1.807, 2.05) is 17.2 Å². The summed E-state index contributed by atoms with van der Waals surface area (Å²) in [4.78, 5) is 15.0. The zero-order valence-electron chi connectivity index (χ0n) is 12.9. The van der Waals surface area contributed by atoms with Crippen LogP contribution in [0.5, 0.6) is 0 Å². The van der Waals surface area contributed by atoms with Crippen LogP contribution in [0.25, 0.3) is 0 Å². The quantitative estimate of drug-likeness (QED) is 0.852. The summed E-state index contributed by atoms with van der Waals surface area (Å²) >= 11 is 3.49. The Kier molecular flexibility index (Phi) is 7.24. The number of carbonyl (C=O) groups excluding carboxylic acids is 1. The van der Waals surface area contributed by atoms with Gasteiger partial charge < -0.3 is 14.8 Å². The lowest BCUT2D eigenvalue weighted by molar-refractivity contribution is 0.0679. The topological polar surface area (TPSA) is 37.3 Å². The molecule has 0 bridgehead atoms. The van der Waals surface area contributed by atoms with E-state index in [2.05, 4.69) is 46.6 Å². The van der Waals surface area contributed by atoms with Crippen molar-refractivity contribution in [3.8, 4) is 0 Å². The monoisotopic (exact) mass is 377 g/mol. The highest BCUT2D eigenvalue weighted by atomic mass is 79.9. The molecule has 6 heteroatoms. The van der Waals surface area contributed by atoms with Crippen molar-refractivity contribution < 1.29 is 4.79 Å². The third-order valence-corrected chi connectivity index (χ3v) is 4.22. The van der Waals surface area contributed by atoms with Gasteiger partial charge in [-0.3, -0.25) is 4.79 Å². The van der Waals surface area contributed by atoms with Gasteiger partial charge in [-0.25, -0.2) is 0 Å². The number of amides is 1. The van der Waals surface area contributed by atoms with Gasteiger partial charge in [-0.15, -0.1) is 12.4 Å². The molecule has 21 heavy (non-hydrogen) atoms. The van der Waals surface area contributed by atoms with Crippen LogP contribution in [0.1, 0.15) is 50.1 Å². The fourth-order valence-electron chi connectivity index (χ4n) is 2.79. The Morgan fingerprint density at radius 1 is 1.57 bits per heavy atom. The Hall–Kier alpha value is -0.520. The van der Waals surface area contributed by atoms with Gasteiger partial charge in [0.1, 0.15) is 5.69 Å². The van der Waals surface area contributed by atoms with Crippen LogP contribution >= 0.6 is 28.3 Å². The predicted octanol–water partition coefficient (Wildman–Crippen LogP) is 3.47. The maximum absolute atomic E-state index is 12.9. The summed E-state index contributed by atoms with van der Waals surface area (Å²) in [6, 6.07) is 2.55. The van der Waals surface area contributed by atoms with Crippen molar-refractivity contribution >= 4 is 34.2 Å². The molecule has 0 aromatic carbocycles. The molecule has 1 aliphatic rings. The number of halogens is 2. The lowest BCUT2D eigenvalue weighted by atomic mass is 10.2. The molecule has 1 aromatic rings. The number of hydrogen-bond acceptors (Lipinski definition) is 2. The maximum atomic E-state index is 12.9. The number of nitrogens with one attached hydrogen (secondary N) is 1. The lowest BCUT2D eigenvalue weighted by Gasteiger charge is -2.29. The molecule has 4 nitrogen and oxygen atoms in total. The third kappa shape index (κ3) is 4.24. The van der Waals surface area contributed by atoms with Crippen LogP contribution in [-0.4, -0.2) is 41.1 Å². The minimum Gasteiger partial charge on any atom is -0.340 e. The molecule has 1 aromatic heterocycles. The van der Waals surface area contributed by atoms with E-state index in [0.717, 1.165) is 42.6 Å². The highest BCUT2D eigenvalue weighted by Crippen LogP contribution is 2.22. The van der Waals surface area contributed by atoms with E-state index in [4.69, 9.17) is 0 Å². The van der Waals surface area contributed by atoms with E-state index in [1.54, 1.807) is 0 Å². The summed E-state index contributed by atoms with van der Waals surface area (Å²) in [6.45, 7) is 9.07. The SMILES string of the molecule is CCCN(C(=O)c1cc(Br)cn1C(C)C)C1CCNC1.Cl. The van der Waals surface area contributed by atoms with Gasteiger partial charge in [0.25, 0.3) is 5.91 Å². The maximum Gasteiger partial charge on any atom is 0.270 e. The van der Waals surface area contributed by atoms with Crippen molar-refractivity contribution in [3.05, 3.63) is 22.4 Å². The van der Waals surface area contributed by atoms with Crippen LogP contribution in [0, 0.1) is 0 Å². The Morgan fingerprint density at radius 3 is 2.81 bits per heavy atom. The van der Waals surface area contributed by atoms with E-state index in [-0.39, 0.29) is 24.4 Å². The van der Waals surface area contributed by atoms with Gasteiger partial charge in [0.2, 0.25) is 0 Å². The number of nitrogens with zero attached hydrogens (tertiary/aromatic N) is 2. The molecule has 2 heterocycles. The first kappa shape index (κ1) is 18.5. The van der Waals surface area contributed by atoms with E-state index in [1.165, 1.54) is 0 Å². The smallest absolute Gasteiger partial charge is 0.270 e. The van der Waals surface area contributed by atoms with Crippen molar-refractivity contribution in [1.29, 1.82) is 0 Å². The molecule has 1 fully saturated rings. The van der Waals surface area contributed by atoms with Crippen molar-refractivity contribution in [2.24, 2.45) is 0 Å². The average molecular weight is 379 g/mol. The molecule has 1 aliphatic heterocycles. The summed E-state index contributed by atoms with van der Waals surface area (Å²) in [5.41, 5.74) is 0.784. The fraction of sp³-hybridized carbons (Fsp3) is 0.667. The van der Waals surface area contributed by atoms with Gasteiger partial charge in [-0.05, 0) is 55.2 Å². The van der Waals surface area contributed by atoms with E-state index in [9.17, 15) is 4.79 Å². The average Bonchev–Trinajstić information content (AvgIpc) is 3.04. The van der Waals surface area contributed by atoms with Crippen LogP contribution in [0.15, 0.2) is 16.7 Å². The van der Waals surface area contributed by atoms with Gasteiger partial charge in [0.15, 0.2) is 0 Å². The number of rotatable bonds is 5. The number of hydrogen-bond donors (Lipinski definition) is 1. The van der Waals surface area contributed by atoms with Gasteiger partial charge in [0.05, 0.1) is 0 Å². The van der Waals surface area contributed by atoms with Crippen molar-refractivity contribution in [2.75, 3.05) is 19.6 Å². The molecule has 1 unspecified atom stereocenters. The molecule has 1 N–H and O–H groups in total.